The van der Waals surface area contributed by atoms with Crippen LogP contribution in [0.4, 0.5) is 0 Å². The fourth-order valence-electron chi connectivity index (χ4n) is 1.93. The third-order valence-corrected chi connectivity index (χ3v) is 3.85. The normalized spacial score (nSPS) is 12.8. The summed E-state index contributed by atoms with van der Waals surface area (Å²) in [4.78, 5) is 4.40. The van der Waals surface area contributed by atoms with Crippen molar-refractivity contribution in [1.29, 1.82) is 0 Å². The fraction of sp³-hybridized carbons (Fsp3) is 0.545. The van der Waals surface area contributed by atoms with Gasteiger partial charge in [-0.05, 0) is 25.1 Å². The van der Waals surface area contributed by atoms with Gasteiger partial charge in [0, 0.05) is 18.0 Å². The van der Waals surface area contributed by atoms with E-state index in [9.17, 15) is 0 Å². The molecule has 0 aliphatic rings. The summed E-state index contributed by atoms with van der Waals surface area (Å²) in [7, 11) is 0. The van der Waals surface area contributed by atoms with Crippen molar-refractivity contribution in [2.75, 3.05) is 0 Å². The minimum atomic E-state index is 0.211. The van der Waals surface area contributed by atoms with Gasteiger partial charge >= 0.3 is 0 Å². The molecule has 0 saturated carbocycles. The third kappa shape index (κ3) is 2.47. The highest BCUT2D eigenvalue weighted by atomic mass is 32.1. The van der Waals surface area contributed by atoms with Crippen LogP contribution in [0.2, 0.25) is 0 Å². The zero-order valence-electron chi connectivity index (χ0n) is 10.0. The molecule has 0 aliphatic carbocycles. The molecular formula is C11H16N4S2. The van der Waals surface area contributed by atoms with E-state index in [1.165, 1.54) is 0 Å². The van der Waals surface area contributed by atoms with Crippen molar-refractivity contribution < 1.29 is 0 Å². The number of aryl methyl sites for hydroxylation is 1. The summed E-state index contributed by atoms with van der Waals surface area (Å²) in [5.41, 5.74) is 0. The number of nitrogens with zero attached hydrogens (tertiary/aromatic N) is 3. The van der Waals surface area contributed by atoms with Gasteiger partial charge in [0.25, 0.3) is 0 Å². The summed E-state index contributed by atoms with van der Waals surface area (Å²) in [6.07, 6.45) is 4.81. The highest BCUT2D eigenvalue weighted by molar-refractivity contribution is 7.71. The maximum atomic E-state index is 5.33. The van der Waals surface area contributed by atoms with E-state index in [0.29, 0.717) is 4.77 Å². The van der Waals surface area contributed by atoms with Crippen LogP contribution in [0, 0.1) is 4.77 Å². The van der Waals surface area contributed by atoms with Gasteiger partial charge in [-0.3, -0.25) is 9.67 Å². The molecule has 0 spiro atoms. The van der Waals surface area contributed by atoms with Crippen LogP contribution in [0.15, 0.2) is 11.6 Å². The van der Waals surface area contributed by atoms with Gasteiger partial charge in [-0.2, -0.15) is 5.10 Å². The standard InChI is InChI=1S/C11H16N4S2/c1-3-5-9-13-14-11(16)15(9)8(4-2)10-12-6-7-17-10/h6-8H,3-5H2,1-2H3,(H,14,16). The van der Waals surface area contributed by atoms with Crippen LogP contribution >= 0.6 is 23.6 Å². The lowest BCUT2D eigenvalue weighted by molar-refractivity contribution is 0.530. The number of rotatable bonds is 5. The second-order valence-electron chi connectivity index (χ2n) is 3.86. The average Bonchev–Trinajstić information content (AvgIpc) is 2.94. The van der Waals surface area contributed by atoms with Gasteiger partial charge in [-0.1, -0.05) is 13.8 Å². The van der Waals surface area contributed by atoms with Crippen molar-refractivity contribution in [3.63, 3.8) is 0 Å². The Kier molecular flexibility index (Phi) is 4.06. The predicted octanol–water partition coefficient (Wildman–Crippen LogP) is 3.35. The van der Waals surface area contributed by atoms with E-state index in [0.717, 1.165) is 30.1 Å². The number of nitrogens with one attached hydrogen (secondary N) is 1. The summed E-state index contributed by atoms with van der Waals surface area (Å²) in [5, 5.41) is 10.3. The topological polar surface area (TPSA) is 46.5 Å². The van der Waals surface area contributed by atoms with Crippen LogP contribution in [-0.2, 0) is 6.42 Å². The molecule has 2 heterocycles. The number of H-pyrrole nitrogens is 1. The molecule has 92 valence electrons. The van der Waals surface area contributed by atoms with Gasteiger partial charge in [0.05, 0.1) is 6.04 Å². The van der Waals surface area contributed by atoms with E-state index in [4.69, 9.17) is 12.2 Å². The molecular weight excluding hydrogens is 252 g/mol. The van der Waals surface area contributed by atoms with Crippen molar-refractivity contribution in [1.82, 2.24) is 19.7 Å². The van der Waals surface area contributed by atoms with E-state index in [1.807, 2.05) is 11.6 Å². The Balaban J connectivity index is 2.43. The van der Waals surface area contributed by atoms with Crippen LogP contribution in [-0.4, -0.2) is 19.7 Å². The van der Waals surface area contributed by atoms with Gasteiger partial charge in [-0.15, -0.1) is 11.3 Å². The molecule has 2 rings (SSSR count). The van der Waals surface area contributed by atoms with Crippen molar-refractivity contribution in [3.05, 3.63) is 27.2 Å². The summed E-state index contributed by atoms with van der Waals surface area (Å²) in [5.74, 6) is 1.03. The molecule has 0 fully saturated rings. The fourth-order valence-corrected chi connectivity index (χ4v) is 3.02. The van der Waals surface area contributed by atoms with Gasteiger partial charge in [0.1, 0.15) is 10.8 Å². The lowest BCUT2D eigenvalue weighted by Gasteiger charge is -2.15. The summed E-state index contributed by atoms with van der Waals surface area (Å²) in [6.45, 7) is 4.29. The van der Waals surface area contributed by atoms with Gasteiger partial charge in [0.2, 0.25) is 0 Å². The maximum absolute atomic E-state index is 5.33. The molecule has 17 heavy (non-hydrogen) atoms. The first-order valence-electron chi connectivity index (χ1n) is 5.83. The molecule has 2 aromatic rings. The Bertz CT molecular complexity index is 512. The number of aromatic amines is 1. The van der Waals surface area contributed by atoms with Crippen LogP contribution in [0.3, 0.4) is 0 Å². The van der Waals surface area contributed by atoms with Crippen molar-refractivity contribution in [3.8, 4) is 0 Å². The Labute approximate surface area is 110 Å². The third-order valence-electron chi connectivity index (χ3n) is 2.69. The van der Waals surface area contributed by atoms with Crippen molar-refractivity contribution in [2.45, 2.75) is 39.2 Å². The Morgan fingerprint density at radius 2 is 2.35 bits per heavy atom. The zero-order chi connectivity index (χ0) is 12.3. The van der Waals surface area contributed by atoms with Gasteiger partial charge < -0.3 is 0 Å². The molecule has 0 aromatic carbocycles. The molecule has 2 aromatic heterocycles. The summed E-state index contributed by atoms with van der Waals surface area (Å²) < 4.78 is 2.80. The molecule has 0 amide bonds. The van der Waals surface area contributed by atoms with Crippen molar-refractivity contribution >= 4 is 23.6 Å². The van der Waals surface area contributed by atoms with Crippen molar-refractivity contribution in [2.24, 2.45) is 0 Å². The first kappa shape index (κ1) is 12.4. The van der Waals surface area contributed by atoms with Gasteiger partial charge in [-0.25, -0.2) is 4.98 Å². The summed E-state index contributed by atoms with van der Waals surface area (Å²) in [6, 6.07) is 0.211. The molecule has 4 nitrogen and oxygen atoms in total. The molecule has 1 N–H and O–H groups in total. The van der Waals surface area contributed by atoms with E-state index < -0.39 is 0 Å². The van der Waals surface area contributed by atoms with Crippen LogP contribution < -0.4 is 0 Å². The number of hydrogen-bond acceptors (Lipinski definition) is 4. The van der Waals surface area contributed by atoms with Crippen LogP contribution in [0.1, 0.15) is 43.6 Å². The maximum Gasteiger partial charge on any atom is 0.195 e. The quantitative estimate of drug-likeness (QED) is 0.846. The molecule has 6 heteroatoms. The van der Waals surface area contributed by atoms with E-state index in [1.54, 1.807) is 11.3 Å². The zero-order valence-corrected chi connectivity index (χ0v) is 11.6. The lowest BCUT2D eigenvalue weighted by Crippen LogP contribution is -2.13. The van der Waals surface area contributed by atoms with Gasteiger partial charge in [0.15, 0.2) is 4.77 Å². The SMILES string of the molecule is CCCc1n[nH]c(=S)n1C(CC)c1nccs1. The smallest absolute Gasteiger partial charge is 0.195 e. The largest absolute Gasteiger partial charge is 0.294 e. The van der Waals surface area contributed by atoms with Crippen LogP contribution in [0.5, 0.6) is 0 Å². The molecule has 0 radical (unpaired) electrons. The Hall–Kier alpha value is -1.01. The average molecular weight is 268 g/mol. The first-order valence-corrected chi connectivity index (χ1v) is 7.11. The molecule has 1 unspecified atom stereocenters. The minimum Gasteiger partial charge on any atom is -0.294 e. The van der Waals surface area contributed by atoms with Crippen LogP contribution in [0.25, 0.3) is 0 Å². The second kappa shape index (κ2) is 5.55. The summed E-state index contributed by atoms with van der Waals surface area (Å²) >= 11 is 6.99. The Morgan fingerprint density at radius 1 is 1.53 bits per heavy atom. The molecule has 1 atom stereocenters. The van der Waals surface area contributed by atoms with E-state index in [2.05, 4.69) is 33.6 Å². The second-order valence-corrected chi connectivity index (χ2v) is 5.17. The Morgan fingerprint density at radius 3 is 2.94 bits per heavy atom. The predicted molar refractivity (Wildman–Crippen MR) is 72.0 cm³/mol. The van der Waals surface area contributed by atoms with E-state index >= 15 is 0 Å². The molecule has 0 aliphatic heterocycles. The minimum absolute atomic E-state index is 0.211. The number of aromatic nitrogens is 4. The molecule has 0 saturated heterocycles. The van der Waals surface area contributed by atoms with E-state index in [-0.39, 0.29) is 6.04 Å². The highest BCUT2D eigenvalue weighted by Gasteiger charge is 2.18. The monoisotopic (exact) mass is 268 g/mol. The number of thiazole rings is 1. The lowest BCUT2D eigenvalue weighted by atomic mass is 10.2. The first-order chi connectivity index (χ1) is 8.27. The molecule has 0 bridgehead atoms. The number of hydrogen-bond donors (Lipinski definition) is 1. The highest BCUT2D eigenvalue weighted by Crippen LogP contribution is 2.25.